The molecular weight excluding hydrogens is 483 g/mol. The molecule has 1 aliphatic heterocycles. The van der Waals surface area contributed by atoms with E-state index < -0.39 is 37.6 Å². The van der Waals surface area contributed by atoms with Gasteiger partial charge in [0.1, 0.15) is 38.6 Å². The molecule has 4 unspecified atom stereocenters. The van der Waals surface area contributed by atoms with Gasteiger partial charge in [0.15, 0.2) is 0 Å². The minimum atomic E-state index is -4.14. The number of aromatic nitrogens is 2. The number of hydrogen-bond acceptors (Lipinski definition) is 11. The Bertz CT molecular complexity index is 1250. The molecule has 0 saturated carbocycles. The van der Waals surface area contributed by atoms with Gasteiger partial charge in [-0.1, -0.05) is 24.0 Å². The number of carbonyl (C=O) groups is 2. The molecule has 4 N–H and O–H groups in total. The summed E-state index contributed by atoms with van der Waals surface area (Å²) in [6.07, 6.45) is -1.05. The third-order valence-electron chi connectivity index (χ3n) is 4.91. The lowest BCUT2D eigenvalue weighted by Gasteiger charge is -2.25. The number of carbonyl (C=O) groups excluding carboxylic acids is 2. The number of rotatable bonds is 8. The molecule has 1 fully saturated rings. The second kappa shape index (κ2) is 11.4. The van der Waals surface area contributed by atoms with Gasteiger partial charge in [-0.15, -0.1) is 0 Å². The normalized spacial score (nSPS) is 20.9. The maximum atomic E-state index is 12.4. The minimum absolute atomic E-state index is 0.0477. The Morgan fingerprint density at radius 2 is 2.17 bits per heavy atom. The van der Waals surface area contributed by atoms with Crippen LogP contribution in [0.4, 0.5) is 5.82 Å². The van der Waals surface area contributed by atoms with Crippen molar-refractivity contribution in [3.63, 3.8) is 0 Å². The van der Waals surface area contributed by atoms with Crippen molar-refractivity contribution in [1.82, 2.24) is 14.9 Å². The number of anilines is 1. The molecule has 3 rings (SSSR count). The van der Waals surface area contributed by atoms with Crippen LogP contribution in [0.15, 0.2) is 35.3 Å². The fourth-order valence-electron chi connectivity index (χ4n) is 3.31. The standard InChI is InChI=1S/C21H23N4O9P/c1-35(30,31)34-16-9-18(33-17(16)12-32-29)25-10-15(19(22)24-21(25)28)3-2-8-23-20(27)14-6-4-13(11-26)5-7-14/h4-7,10-11,16-18,29H,8-9,12H2,1H3,(H,23,27)(H,30,31)(H2,22,24,28)/p-1. The summed E-state index contributed by atoms with van der Waals surface area (Å²) in [5, 5.41) is 11.3. The SMILES string of the molecule is CP(=O)([O-])OC1CC(n2cc(C#CCNC(=O)c3ccc(C=O)cc3)c(N)nc2=O)OC1COO. The summed E-state index contributed by atoms with van der Waals surface area (Å²) in [5.74, 6) is 4.87. The van der Waals surface area contributed by atoms with E-state index in [-0.39, 0.29) is 31.0 Å². The Labute approximate surface area is 199 Å². The molecule has 2 aromatic rings. The number of benzene rings is 1. The summed E-state index contributed by atoms with van der Waals surface area (Å²) in [5.41, 5.74) is 5.98. The molecule has 186 valence electrons. The van der Waals surface area contributed by atoms with Gasteiger partial charge in [0.05, 0.1) is 18.2 Å². The number of nitrogens with one attached hydrogen (secondary N) is 1. The highest BCUT2D eigenvalue weighted by atomic mass is 31.2. The summed E-state index contributed by atoms with van der Waals surface area (Å²) in [6.45, 7) is 0.456. The van der Waals surface area contributed by atoms with Crippen molar-refractivity contribution >= 4 is 25.6 Å². The zero-order valence-corrected chi connectivity index (χ0v) is 19.3. The second-order valence-electron chi connectivity index (χ2n) is 7.53. The van der Waals surface area contributed by atoms with Crippen molar-refractivity contribution in [3.05, 3.63) is 57.6 Å². The van der Waals surface area contributed by atoms with E-state index in [0.717, 1.165) is 11.2 Å². The molecule has 13 nitrogen and oxygen atoms in total. The van der Waals surface area contributed by atoms with Crippen molar-refractivity contribution < 1.29 is 38.5 Å². The van der Waals surface area contributed by atoms with Crippen LogP contribution in [0.25, 0.3) is 0 Å². The maximum Gasteiger partial charge on any atom is 0.351 e. The van der Waals surface area contributed by atoms with Crippen molar-refractivity contribution in [3.8, 4) is 11.8 Å². The number of nitrogens with zero attached hydrogens (tertiary/aromatic N) is 2. The fraction of sp³-hybridized carbons (Fsp3) is 0.333. The number of hydrogen-bond donors (Lipinski definition) is 3. The van der Waals surface area contributed by atoms with Gasteiger partial charge in [-0.2, -0.15) is 4.98 Å². The zero-order chi connectivity index (χ0) is 25.6. The molecule has 2 heterocycles. The Hall–Kier alpha value is -3.37. The highest BCUT2D eigenvalue weighted by Crippen LogP contribution is 2.40. The van der Waals surface area contributed by atoms with Gasteiger partial charge in [0.25, 0.3) is 5.91 Å². The lowest BCUT2D eigenvalue weighted by atomic mass is 10.1. The van der Waals surface area contributed by atoms with Crippen LogP contribution in [0.3, 0.4) is 0 Å². The van der Waals surface area contributed by atoms with E-state index in [9.17, 15) is 23.8 Å². The number of ether oxygens (including phenoxy) is 1. The predicted molar refractivity (Wildman–Crippen MR) is 119 cm³/mol. The largest absolute Gasteiger partial charge is 0.779 e. The third-order valence-corrected chi connectivity index (χ3v) is 5.56. The van der Waals surface area contributed by atoms with Crippen LogP contribution in [0.5, 0.6) is 0 Å². The molecule has 1 aromatic heterocycles. The molecule has 0 spiro atoms. The molecule has 1 amide bonds. The molecule has 0 radical (unpaired) electrons. The second-order valence-corrected chi connectivity index (χ2v) is 9.28. The van der Waals surface area contributed by atoms with E-state index in [2.05, 4.69) is 27.0 Å². The first-order valence-electron chi connectivity index (χ1n) is 10.2. The fourth-order valence-corrected chi connectivity index (χ4v) is 4.03. The summed E-state index contributed by atoms with van der Waals surface area (Å²) in [6, 6.07) is 6.03. The van der Waals surface area contributed by atoms with Gasteiger partial charge in [0, 0.05) is 30.4 Å². The summed E-state index contributed by atoms with van der Waals surface area (Å²) < 4.78 is 23.3. The van der Waals surface area contributed by atoms with Crippen LogP contribution < -0.4 is 21.6 Å². The Kier molecular flexibility index (Phi) is 8.52. The van der Waals surface area contributed by atoms with Gasteiger partial charge in [-0.3, -0.25) is 19.4 Å². The smallest absolute Gasteiger partial charge is 0.351 e. The van der Waals surface area contributed by atoms with Crippen LogP contribution in [0.1, 0.15) is 38.9 Å². The minimum Gasteiger partial charge on any atom is -0.779 e. The van der Waals surface area contributed by atoms with Crippen LogP contribution in [-0.2, 0) is 18.7 Å². The van der Waals surface area contributed by atoms with E-state index in [0.29, 0.717) is 17.4 Å². The van der Waals surface area contributed by atoms with Crippen molar-refractivity contribution in [2.75, 3.05) is 25.6 Å². The van der Waals surface area contributed by atoms with Crippen LogP contribution in [0, 0.1) is 11.8 Å². The molecule has 0 aliphatic carbocycles. The lowest BCUT2D eigenvalue weighted by molar-refractivity contribution is -0.266. The molecule has 0 bridgehead atoms. The quantitative estimate of drug-likeness (QED) is 0.141. The summed E-state index contributed by atoms with van der Waals surface area (Å²) >= 11 is 0. The molecule has 1 aromatic carbocycles. The van der Waals surface area contributed by atoms with E-state index in [4.69, 9.17) is 20.3 Å². The topological polar surface area (TPSA) is 195 Å². The zero-order valence-electron chi connectivity index (χ0n) is 18.4. The van der Waals surface area contributed by atoms with Gasteiger partial charge in [-0.05, 0) is 12.1 Å². The van der Waals surface area contributed by atoms with Gasteiger partial charge >= 0.3 is 5.69 Å². The maximum absolute atomic E-state index is 12.4. The number of nitrogens with two attached hydrogens (primary N) is 1. The Morgan fingerprint density at radius 1 is 1.46 bits per heavy atom. The van der Waals surface area contributed by atoms with E-state index in [1.807, 2.05) is 0 Å². The first-order valence-corrected chi connectivity index (χ1v) is 12.2. The average Bonchev–Trinajstić information content (AvgIpc) is 3.18. The summed E-state index contributed by atoms with van der Waals surface area (Å²) in [4.78, 5) is 54.6. The molecule has 14 heteroatoms. The van der Waals surface area contributed by atoms with Crippen LogP contribution in [-0.4, -0.2) is 59.0 Å². The molecule has 1 saturated heterocycles. The number of nitrogen functional groups attached to an aromatic ring is 1. The predicted octanol–water partition coefficient (Wildman–Crippen LogP) is -0.235. The highest BCUT2D eigenvalue weighted by molar-refractivity contribution is 7.50. The van der Waals surface area contributed by atoms with Crippen LogP contribution >= 0.6 is 7.60 Å². The molecule has 1 aliphatic rings. The van der Waals surface area contributed by atoms with Crippen molar-refractivity contribution in [1.29, 1.82) is 0 Å². The highest BCUT2D eigenvalue weighted by Gasteiger charge is 2.39. The Morgan fingerprint density at radius 3 is 2.80 bits per heavy atom. The molecule has 35 heavy (non-hydrogen) atoms. The van der Waals surface area contributed by atoms with Crippen LogP contribution in [0.2, 0.25) is 0 Å². The lowest BCUT2D eigenvalue weighted by Crippen LogP contribution is -2.30. The van der Waals surface area contributed by atoms with Crippen molar-refractivity contribution in [2.24, 2.45) is 0 Å². The average molecular weight is 505 g/mol. The number of aldehydes is 1. The Balaban J connectivity index is 1.72. The van der Waals surface area contributed by atoms with Gasteiger partial charge in [0.2, 0.25) is 0 Å². The first kappa shape index (κ1) is 26.2. The molecule has 4 atom stereocenters. The third kappa shape index (κ3) is 7.06. The molecular formula is C21H22N4O9P-. The van der Waals surface area contributed by atoms with E-state index in [1.165, 1.54) is 30.5 Å². The summed E-state index contributed by atoms with van der Waals surface area (Å²) in [7, 11) is -4.14. The number of amides is 1. The van der Waals surface area contributed by atoms with E-state index >= 15 is 0 Å². The van der Waals surface area contributed by atoms with Gasteiger partial charge in [-0.25, -0.2) is 9.68 Å². The first-order chi connectivity index (χ1) is 16.6. The van der Waals surface area contributed by atoms with Gasteiger partial charge < -0.3 is 29.8 Å². The van der Waals surface area contributed by atoms with E-state index in [1.54, 1.807) is 0 Å². The van der Waals surface area contributed by atoms with Crippen molar-refractivity contribution in [2.45, 2.75) is 24.9 Å². The monoisotopic (exact) mass is 505 g/mol.